The molecule has 0 N–H and O–H groups in total. The van der Waals surface area contributed by atoms with Crippen molar-refractivity contribution in [1.82, 2.24) is 0 Å². The minimum Gasteiger partial charge on any atom is -0.479 e. The summed E-state index contributed by atoms with van der Waals surface area (Å²) in [5.41, 5.74) is 0.475. The van der Waals surface area contributed by atoms with Crippen LogP contribution < -0.4 is 0 Å². The first-order valence-corrected chi connectivity index (χ1v) is 15.9. The molecule has 10 heteroatoms. The Hall–Kier alpha value is -2.19. The van der Waals surface area contributed by atoms with Crippen LogP contribution in [0.25, 0.3) is 0 Å². The van der Waals surface area contributed by atoms with Crippen molar-refractivity contribution in [3.8, 4) is 0 Å². The zero-order valence-corrected chi connectivity index (χ0v) is 26.7. The van der Waals surface area contributed by atoms with Crippen LogP contribution in [0.3, 0.4) is 0 Å². The molecule has 2 aromatic carbocycles. The number of nitrogens with zero attached hydrogens (tertiary/aromatic N) is 1. The van der Waals surface area contributed by atoms with Crippen molar-refractivity contribution in [3.05, 3.63) is 70.8 Å². The molecule has 0 aromatic heterocycles. The van der Waals surface area contributed by atoms with E-state index in [1.165, 1.54) is 5.56 Å². The fraction of sp³-hybridized carbons (Fsp3) is 0.594. The molecular weight excluding hydrogens is 566 g/mol. The van der Waals surface area contributed by atoms with Gasteiger partial charge in [-0.1, -0.05) is 36.4 Å². The summed E-state index contributed by atoms with van der Waals surface area (Å²) in [5, 5.41) is 0. The van der Waals surface area contributed by atoms with E-state index in [4.69, 9.17) is 23.3 Å². The predicted molar refractivity (Wildman–Crippen MR) is 160 cm³/mol. The van der Waals surface area contributed by atoms with E-state index >= 15 is 0 Å². The number of benzene rings is 2. The maximum atomic E-state index is 13.6. The van der Waals surface area contributed by atoms with E-state index in [0.29, 0.717) is 18.9 Å². The minimum absolute atomic E-state index is 0.0325. The molecule has 0 amide bonds. The first-order chi connectivity index (χ1) is 19.4. The monoisotopic (exact) mass is 611 g/mol. The van der Waals surface area contributed by atoms with Gasteiger partial charge in [-0.15, -0.1) is 0 Å². The van der Waals surface area contributed by atoms with E-state index in [1.807, 2.05) is 0 Å². The number of hydrogen-bond donors (Lipinski definition) is 0. The molecule has 0 saturated heterocycles. The van der Waals surface area contributed by atoms with Crippen molar-refractivity contribution in [2.45, 2.75) is 110 Å². The van der Waals surface area contributed by atoms with Crippen LogP contribution >= 0.6 is 7.82 Å². The summed E-state index contributed by atoms with van der Waals surface area (Å²) in [6.07, 6.45) is 0.532. The highest BCUT2D eigenvalue weighted by Crippen LogP contribution is 2.56. The van der Waals surface area contributed by atoms with Crippen molar-refractivity contribution in [2.24, 2.45) is 4.99 Å². The zero-order chi connectivity index (χ0) is 31.2. The molecule has 1 aliphatic rings. The Morgan fingerprint density at radius 1 is 0.810 bits per heavy atom. The van der Waals surface area contributed by atoms with Gasteiger partial charge in [0.25, 0.3) is 0 Å². The molecule has 1 unspecified atom stereocenters. The average Bonchev–Trinajstić information content (AvgIpc) is 3.23. The largest absolute Gasteiger partial charge is 0.479 e. The molecule has 1 aliphatic heterocycles. The van der Waals surface area contributed by atoms with Gasteiger partial charge in [-0.2, -0.15) is 13.2 Å². The van der Waals surface area contributed by atoms with E-state index in [-0.39, 0.29) is 6.61 Å². The SMILES string of the molecule is CC1=NC(CCc2ccc(CCCCc3ccc(C(F)(F)F)cc3)cc2)(COP(=O)(OC(C)(C)C)OC(C)(C)C)CO1. The second-order valence-electron chi connectivity index (χ2n) is 13.0. The van der Waals surface area contributed by atoms with Crippen LogP contribution in [0.15, 0.2) is 53.5 Å². The van der Waals surface area contributed by atoms with Crippen LogP contribution in [-0.4, -0.2) is 35.9 Å². The standard InChI is InChI=1S/C32H45F3NO5P/c1-24-36-31(22-38-24,23-39-42(37,40-29(2,3)4)41-30(5,6)7)21-20-27-14-12-25(13-15-27)10-8-9-11-26-16-18-28(19-17-26)32(33,34)35/h12-19H,8-11,20-23H2,1-7H3. The third-order valence-corrected chi connectivity index (χ3v) is 8.56. The molecule has 234 valence electrons. The Kier molecular flexibility index (Phi) is 11.1. The lowest BCUT2D eigenvalue weighted by Gasteiger charge is -2.33. The van der Waals surface area contributed by atoms with E-state index in [2.05, 4.69) is 24.3 Å². The molecule has 3 rings (SSSR count). The summed E-state index contributed by atoms with van der Waals surface area (Å²) < 4.78 is 75.0. The fourth-order valence-corrected chi connectivity index (χ4v) is 6.50. The van der Waals surface area contributed by atoms with E-state index in [1.54, 1.807) is 60.6 Å². The van der Waals surface area contributed by atoms with Gasteiger partial charge >= 0.3 is 14.0 Å². The molecule has 42 heavy (non-hydrogen) atoms. The summed E-state index contributed by atoms with van der Waals surface area (Å²) in [4.78, 5) is 4.72. The Bertz CT molecular complexity index is 1210. The normalized spacial score (nSPS) is 18.2. The lowest BCUT2D eigenvalue weighted by molar-refractivity contribution is -0.137. The summed E-state index contributed by atoms with van der Waals surface area (Å²) in [6, 6.07) is 13.8. The molecule has 6 nitrogen and oxygen atoms in total. The Morgan fingerprint density at radius 3 is 1.67 bits per heavy atom. The van der Waals surface area contributed by atoms with Gasteiger partial charge in [0, 0.05) is 6.92 Å². The van der Waals surface area contributed by atoms with Crippen LogP contribution in [0.1, 0.15) is 90.0 Å². The Morgan fingerprint density at radius 2 is 1.26 bits per heavy atom. The predicted octanol–water partition coefficient (Wildman–Crippen LogP) is 9.15. The molecular formula is C32H45F3NO5P. The minimum atomic E-state index is -4.30. The highest BCUT2D eigenvalue weighted by molar-refractivity contribution is 7.48. The van der Waals surface area contributed by atoms with Crippen LogP contribution in [0.5, 0.6) is 0 Å². The fourth-order valence-electron chi connectivity index (χ4n) is 4.62. The smallest absolute Gasteiger partial charge is 0.475 e. The number of alkyl halides is 3. The third-order valence-electron chi connectivity index (χ3n) is 6.57. The zero-order valence-electron chi connectivity index (χ0n) is 25.8. The molecule has 0 fully saturated rings. The lowest BCUT2D eigenvalue weighted by Crippen LogP contribution is -2.36. The van der Waals surface area contributed by atoms with E-state index in [9.17, 15) is 17.7 Å². The first kappa shape index (κ1) is 34.3. The summed E-state index contributed by atoms with van der Waals surface area (Å²) in [5.74, 6) is 0.563. The van der Waals surface area contributed by atoms with Crippen molar-refractivity contribution in [1.29, 1.82) is 0 Å². The quantitative estimate of drug-likeness (QED) is 0.167. The van der Waals surface area contributed by atoms with Gasteiger partial charge in [0.05, 0.1) is 23.4 Å². The number of hydrogen-bond acceptors (Lipinski definition) is 6. The van der Waals surface area contributed by atoms with Crippen LogP contribution in [0.2, 0.25) is 0 Å². The highest BCUT2D eigenvalue weighted by Gasteiger charge is 2.43. The molecule has 0 spiro atoms. The molecule has 1 atom stereocenters. The lowest BCUT2D eigenvalue weighted by atomic mass is 9.93. The van der Waals surface area contributed by atoms with Gasteiger partial charge in [0.15, 0.2) is 5.90 Å². The Balaban J connectivity index is 1.53. The van der Waals surface area contributed by atoms with E-state index in [0.717, 1.165) is 55.4 Å². The number of unbranched alkanes of at least 4 members (excludes halogenated alkanes) is 1. The number of halogens is 3. The van der Waals surface area contributed by atoms with Gasteiger partial charge in [0.1, 0.15) is 12.1 Å². The molecule has 0 bridgehead atoms. The van der Waals surface area contributed by atoms with Crippen molar-refractivity contribution < 1.29 is 36.0 Å². The molecule has 2 aromatic rings. The van der Waals surface area contributed by atoms with E-state index < -0.39 is 36.3 Å². The maximum absolute atomic E-state index is 13.6. The second-order valence-corrected chi connectivity index (χ2v) is 14.5. The molecule has 0 aliphatic carbocycles. The van der Waals surface area contributed by atoms with Crippen LogP contribution in [-0.2, 0) is 48.3 Å². The number of phosphoric ester groups is 1. The number of aliphatic imine (C=N–C) groups is 1. The third kappa shape index (κ3) is 11.5. The molecule has 0 radical (unpaired) electrons. The van der Waals surface area contributed by atoms with Gasteiger partial charge in [0.2, 0.25) is 0 Å². The van der Waals surface area contributed by atoms with Gasteiger partial charge in [-0.05, 0) is 109 Å². The second kappa shape index (κ2) is 13.6. The summed E-state index contributed by atoms with van der Waals surface area (Å²) in [6.45, 7) is 13.0. The number of rotatable bonds is 13. The van der Waals surface area contributed by atoms with Gasteiger partial charge in [-0.3, -0.25) is 13.6 Å². The molecule has 0 saturated carbocycles. The number of phosphoric acid groups is 1. The highest BCUT2D eigenvalue weighted by atomic mass is 31.2. The van der Waals surface area contributed by atoms with Gasteiger partial charge in [-0.25, -0.2) is 9.56 Å². The van der Waals surface area contributed by atoms with Crippen molar-refractivity contribution >= 4 is 13.7 Å². The summed E-state index contributed by atoms with van der Waals surface area (Å²) in [7, 11) is -3.89. The Labute approximate surface area is 248 Å². The topological polar surface area (TPSA) is 66.4 Å². The maximum Gasteiger partial charge on any atom is 0.475 e. The molecule has 1 heterocycles. The van der Waals surface area contributed by atoms with Crippen LogP contribution in [0.4, 0.5) is 13.2 Å². The van der Waals surface area contributed by atoms with Crippen molar-refractivity contribution in [3.63, 3.8) is 0 Å². The number of ether oxygens (including phenoxy) is 1. The summed E-state index contributed by atoms with van der Waals surface area (Å²) >= 11 is 0. The first-order valence-electron chi connectivity index (χ1n) is 14.4. The average molecular weight is 612 g/mol. The van der Waals surface area contributed by atoms with Gasteiger partial charge < -0.3 is 4.74 Å². The van der Waals surface area contributed by atoms with Crippen molar-refractivity contribution in [2.75, 3.05) is 13.2 Å². The number of aryl methyl sites for hydroxylation is 3. The van der Waals surface area contributed by atoms with Crippen LogP contribution in [0, 0.1) is 0 Å².